The predicted octanol–water partition coefficient (Wildman–Crippen LogP) is 5.50. The smallest absolute Gasteiger partial charge is 0.350 e. The summed E-state index contributed by atoms with van der Waals surface area (Å²) in [5.41, 5.74) is -1.77. The number of nitrogens with one attached hydrogen (secondary N) is 1. The van der Waals surface area contributed by atoms with Gasteiger partial charge in [0.15, 0.2) is 0 Å². The number of carbonyl (C=O) groups excluding carboxylic acids is 2. The summed E-state index contributed by atoms with van der Waals surface area (Å²) in [5.74, 6) is -1.29. The van der Waals surface area contributed by atoms with Crippen molar-refractivity contribution in [1.82, 2.24) is 10.2 Å². The lowest BCUT2D eigenvalue weighted by Gasteiger charge is -2.34. The fraction of sp³-hybridized carbons (Fsp3) is 0.440. The van der Waals surface area contributed by atoms with Crippen LogP contribution in [0.15, 0.2) is 42.5 Å². The summed E-state index contributed by atoms with van der Waals surface area (Å²) in [5, 5.41) is 2.52. The molecule has 0 bridgehead atoms. The van der Waals surface area contributed by atoms with E-state index in [-0.39, 0.29) is 13.0 Å². The molecule has 13 heteroatoms. The Labute approximate surface area is 230 Å². The van der Waals surface area contributed by atoms with Crippen molar-refractivity contribution >= 4 is 50.7 Å². The van der Waals surface area contributed by atoms with Crippen LogP contribution in [0.1, 0.15) is 45.2 Å². The van der Waals surface area contributed by atoms with Crippen molar-refractivity contribution in [2.75, 3.05) is 17.1 Å². The third kappa shape index (κ3) is 8.51. The lowest BCUT2D eigenvalue weighted by Crippen LogP contribution is -2.55. The first-order valence-corrected chi connectivity index (χ1v) is 14.1. The number of alkyl halides is 3. The van der Waals surface area contributed by atoms with Crippen molar-refractivity contribution in [3.63, 3.8) is 0 Å². The van der Waals surface area contributed by atoms with E-state index in [1.165, 1.54) is 4.90 Å². The van der Waals surface area contributed by atoms with E-state index in [1.54, 1.807) is 52.0 Å². The molecule has 2 aromatic rings. The Morgan fingerprint density at radius 1 is 1.03 bits per heavy atom. The van der Waals surface area contributed by atoms with Crippen LogP contribution in [0, 0.1) is 0 Å². The maximum atomic E-state index is 13.7. The highest BCUT2D eigenvalue weighted by Crippen LogP contribution is 2.37. The highest BCUT2D eigenvalue weighted by Gasteiger charge is 2.36. The molecular weight excluding hydrogens is 566 g/mol. The Kier molecular flexibility index (Phi) is 10.1. The molecule has 0 unspecified atom stereocenters. The van der Waals surface area contributed by atoms with Crippen LogP contribution >= 0.6 is 23.2 Å². The predicted molar refractivity (Wildman–Crippen MR) is 143 cm³/mol. The molecule has 0 radical (unpaired) electrons. The summed E-state index contributed by atoms with van der Waals surface area (Å²) in [6.07, 6.45) is -3.91. The Morgan fingerprint density at radius 2 is 1.63 bits per heavy atom. The van der Waals surface area contributed by atoms with Gasteiger partial charge in [0, 0.05) is 17.1 Å². The molecule has 0 spiro atoms. The molecule has 2 aromatic carbocycles. The number of amides is 2. The fourth-order valence-electron chi connectivity index (χ4n) is 3.68. The van der Waals surface area contributed by atoms with Crippen LogP contribution in [0.4, 0.5) is 18.9 Å². The number of nitrogens with zero attached hydrogens (tertiary/aromatic N) is 2. The molecule has 1 N–H and O–H groups in total. The minimum Gasteiger partial charge on any atom is -0.350 e. The summed E-state index contributed by atoms with van der Waals surface area (Å²) < 4.78 is 66.2. The van der Waals surface area contributed by atoms with E-state index in [4.69, 9.17) is 23.2 Å². The molecule has 0 aromatic heterocycles. The molecule has 0 fully saturated rings. The summed E-state index contributed by atoms with van der Waals surface area (Å²) in [6, 6.07) is 8.17. The van der Waals surface area contributed by atoms with Crippen LogP contribution in [0.3, 0.4) is 0 Å². The normalized spacial score (nSPS) is 13.1. The monoisotopic (exact) mass is 595 g/mol. The van der Waals surface area contributed by atoms with E-state index in [0.717, 1.165) is 18.4 Å². The number of sulfonamides is 1. The molecule has 210 valence electrons. The lowest BCUT2D eigenvalue weighted by atomic mass is 10.1. The van der Waals surface area contributed by atoms with Crippen molar-refractivity contribution in [1.29, 1.82) is 0 Å². The highest BCUT2D eigenvalue weighted by atomic mass is 35.5. The van der Waals surface area contributed by atoms with Gasteiger partial charge < -0.3 is 10.2 Å². The Hall–Kier alpha value is -2.50. The number of hydrogen-bond acceptors (Lipinski definition) is 4. The molecule has 38 heavy (non-hydrogen) atoms. The number of rotatable bonds is 9. The van der Waals surface area contributed by atoms with Gasteiger partial charge in [-0.1, -0.05) is 48.3 Å². The molecule has 0 aliphatic carbocycles. The first-order chi connectivity index (χ1) is 17.3. The van der Waals surface area contributed by atoms with E-state index in [9.17, 15) is 31.2 Å². The van der Waals surface area contributed by atoms with Crippen LogP contribution in [-0.4, -0.2) is 49.5 Å². The summed E-state index contributed by atoms with van der Waals surface area (Å²) in [4.78, 5) is 28.0. The average molecular weight is 596 g/mol. The van der Waals surface area contributed by atoms with Crippen molar-refractivity contribution in [3.05, 3.63) is 63.6 Å². The molecular formula is C25H30Cl2F3N3O4S. The molecule has 0 aliphatic heterocycles. The van der Waals surface area contributed by atoms with Gasteiger partial charge in [-0.25, -0.2) is 8.42 Å². The van der Waals surface area contributed by atoms with Gasteiger partial charge in [-0.3, -0.25) is 13.9 Å². The second kappa shape index (κ2) is 12.1. The van der Waals surface area contributed by atoms with E-state index >= 15 is 0 Å². The van der Waals surface area contributed by atoms with E-state index in [1.807, 2.05) is 0 Å². The van der Waals surface area contributed by atoms with Gasteiger partial charge in [-0.15, -0.1) is 0 Å². The standard InChI is InChI=1S/C25H30Cl2F3N3O4S/c1-6-21(23(35)31-24(2,3)4)32(14-16-9-7-8-10-19(16)26)22(34)15-33(38(5,36)37)17-11-12-20(27)18(13-17)25(28,29)30/h7-13,21H,6,14-15H2,1-5H3,(H,31,35)/t21-/m0/s1. The molecule has 0 heterocycles. The van der Waals surface area contributed by atoms with Gasteiger partial charge in [0.2, 0.25) is 21.8 Å². The summed E-state index contributed by atoms with van der Waals surface area (Å²) in [7, 11) is -4.24. The summed E-state index contributed by atoms with van der Waals surface area (Å²) >= 11 is 12.0. The van der Waals surface area contributed by atoms with Crippen LogP contribution in [0.5, 0.6) is 0 Å². The highest BCUT2D eigenvalue weighted by molar-refractivity contribution is 7.92. The fourth-order valence-corrected chi connectivity index (χ4v) is 4.94. The minimum atomic E-state index is -4.85. The maximum absolute atomic E-state index is 13.7. The zero-order valence-electron chi connectivity index (χ0n) is 21.6. The van der Waals surface area contributed by atoms with E-state index in [0.29, 0.717) is 21.0 Å². The number of anilines is 1. The first kappa shape index (κ1) is 31.7. The van der Waals surface area contributed by atoms with Gasteiger partial charge in [0.25, 0.3) is 0 Å². The van der Waals surface area contributed by atoms with Crippen LogP contribution < -0.4 is 9.62 Å². The number of hydrogen-bond donors (Lipinski definition) is 1. The van der Waals surface area contributed by atoms with Crippen LogP contribution in [-0.2, 0) is 32.3 Å². The van der Waals surface area contributed by atoms with Crippen molar-refractivity contribution in [2.24, 2.45) is 0 Å². The van der Waals surface area contributed by atoms with E-state index in [2.05, 4.69) is 5.32 Å². The zero-order valence-corrected chi connectivity index (χ0v) is 23.9. The van der Waals surface area contributed by atoms with Gasteiger partial charge >= 0.3 is 6.18 Å². The summed E-state index contributed by atoms with van der Waals surface area (Å²) in [6.45, 7) is 5.98. The van der Waals surface area contributed by atoms with Gasteiger partial charge in [0.1, 0.15) is 12.6 Å². The Bertz CT molecular complexity index is 1280. The number of benzene rings is 2. The zero-order chi connectivity index (χ0) is 29.1. The topological polar surface area (TPSA) is 86.8 Å². The second-order valence-corrected chi connectivity index (χ2v) is 12.4. The largest absolute Gasteiger partial charge is 0.417 e. The quantitative estimate of drug-likeness (QED) is 0.414. The Morgan fingerprint density at radius 3 is 2.13 bits per heavy atom. The SMILES string of the molecule is CC[C@@H](C(=O)NC(C)(C)C)N(Cc1ccccc1Cl)C(=O)CN(c1ccc(Cl)c(C(F)(F)F)c1)S(C)(=O)=O. The minimum absolute atomic E-state index is 0.138. The molecule has 2 amide bonds. The van der Waals surface area contributed by atoms with Crippen LogP contribution in [0.2, 0.25) is 10.0 Å². The van der Waals surface area contributed by atoms with Gasteiger partial charge in [-0.05, 0) is 57.0 Å². The molecule has 0 saturated heterocycles. The van der Waals surface area contributed by atoms with Crippen LogP contribution in [0.25, 0.3) is 0 Å². The number of carbonyl (C=O) groups is 2. The average Bonchev–Trinajstić information content (AvgIpc) is 2.76. The molecule has 1 atom stereocenters. The van der Waals surface area contributed by atoms with Gasteiger partial charge in [-0.2, -0.15) is 13.2 Å². The third-order valence-corrected chi connectivity index (χ3v) is 7.24. The molecule has 0 saturated carbocycles. The van der Waals surface area contributed by atoms with Crippen molar-refractivity contribution in [2.45, 2.75) is 58.4 Å². The molecule has 2 rings (SSSR count). The third-order valence-electron chi connectivity index (χ3n) is 5.41. The lowest BCUT2D eigenvalue weighted by molar-refractivity contribution is -0.141. The maximum Gasteiger partial charge on any atom is 0.417 e. The number of halogens is 5. The second-order valence-electron chi connectivity index (χ2n) is 9.71. The molecule has 7 nitrogen and oxygen atoms in total. The van der Waals surface area contributed by atoms with Crippen molar-refractivity contribution < 1.29 is 31.2 Å². The molecule has 0 aliphatic rings. The van der Waals surface area contributed by atoms with Crippen molar-refractivity contribution in [3.8, 4) is 0 Å². The first-order valence-electron chi connectivity index (χ1n) is 11.5. The van der Waals surface area contributed by atoms with E-state index < -0.39 is 62.4 Å². The van der Waals surface area contributed by atoms with Gasteiger partial charge in [0.05, 0.1) is 22.5 Å². The Balaban J connectivity index is 2.56.